The highest BCUT2D eigenvalue weighted by Crippen LogP contribution is 2.24. The second kappa shape index (κ2) is 9.31. The zero-order valence-electron chi connectivity index (χ0n) is 15.7. The van der Waals surface area contributed by atoms with Crippen molar-refractivity contribution in [3.63, 3.8) is 0 Å². The summed E-state index contributed by atoms with van der Waals surface area (Å²) in [5.41, 5.74) is 0. The van der Waals surface area contributed by atoms with Gasteiger partial charge in [-0.25, -0.2) is 17.5 Å². The highest BCUT2D eigenvalue weighted by atomic mass is 32.2. The third kappa shape index (κ3) is 5.39. The fraction of sp³-hybridized carbons (Fsp3) is 0.529. The molecule has 11 heteroatoms. The van der Waals surface area contributed by atoms with Crippen LogP contribution in [0.2, 0.25) is 0 Å². The van der Waals surface area contributed by atoms with Crippen LogP contribution in [0.3, 0.4) is 0 Å². The zero-order valence-corrected chi connectivity index (χ0v) is 19.0. The van der Waals surface area contributed by atoms with Gasteiger partial charge in [0.05, 0.1) is 11.6 Å². The van der Waals surface area contributed by atoms with Crippen molar-refractivity contribution in [2.24, 2.45) is 5.92 Å². The van der Waals surface area contributed by atoms with Gasteiger partial charge in [-0.05, 0) is 36.3 Å². The van der Waals surface area contributed by atoms with Crippen molar-refractivity contribution in [2.45, 2.75) is 29.8 Å². The van der Waals surface area contributed by atoms with Crippen molar-refractivity contribution in [1.29, 1.82) is 0 Å². The molecule has 3 rings (SSSR count). The first-order valence-electron chi connectivity index (χ1n) is 8.94. The van der Waals surface area contributed by atoms with Gasteiger partial charge in [0.15, 0.2) is 8.29 Å². The van der Waals surface area contributed by atoms with Crippen molar-refractivity contribution < 1.29 is 12.8 Å². The van der Waals surface area contributed by atoms with Crippen molar-refractivity contribution in [3.8, 4) is 0 Å². The maximum absolute atomic E-state index is 13.4. The molecule has 1 saturated heterocycles. The van der Waals surface area contributed by atoms with E-state index < -0.39 is 15.8 Å². The molecular formula is C17H23FN4O2S4. The van der Waals surface area contributed by atoms with Gasteiger partial charge < -0.3 is 0 Å². The number of piperazine rings is 1. The second-order valence-electron chi connectivity index (χ2n) is 6.96. The molecule has 2 heterocycles. The van der Waals surface area contributed by atoms with Gasteiger partial charge in [0.25, 0.3) is 0 Å². The van der Waals surface area contributed by atoms with Gasteiger partial charge in [-0.2, -0.15) is 9.40 Å². The summed E-state index contributed by atoms with van der Waals surface area (Å²) < 4.78 is 43.7. The van der Waals surface area contributed by atoms with E-state index in [1.807, 2.05) is 0 Å². The van der Waals surface area contributed by atoms with Crippen LogP contribution in [0, 0.1) is 15.7 Å². The molecule has 28 heavy (non-hydrogen) atoms. The maximum Gasteiger partial charge on any atom is 0.243 e. The van der Waals surface area contributed by atoms with E-state index in [9.17, 15) is 12.8 Å². The van der Waals surface area contributed by atoms with Crippen LogP contribution in [0.15, 0.2) is 33.5 Å². The SMILES string of the molecule is CC(C)CSc1nn(CN2CCN(S(=O)(=O)c3cccc(F)c3)CC2)c(=S)s1. The third-order valence-corrected chi connectivity index (χ3v) is 8.99. The Balaban J connectivity index is 1.59. The van der Waals surface area contributed by atoms with Crippen LogP contribution >= 0.6 is 35.3 Å². The van der Waals surface area contributed by atoms with Gasteiger partial charge in [0.2, 0.25) is 10.0 Å². The smallest absolute Gasteiger partial charge is 0.243 e. The molecule has 1 aromatic heterocycles. The Bertz CT molecular complexity index is 966. The molecule has 0 atom stereocenters. The zero-order chi connectivity index (χ0) is 20.3. The third-order valence-electron chi connectivity index (χ3n) is 4.23. The molecule has 2 aromatic rings. The average molecular weight is 463 g/mol. The van der Waals surface area contributed by atoms with E-state index in [0.717, 1.165) is 20.1 Å². The minimum atomic E-state index is -3.68. The van der Waals surface area contributed by atoms with Gasteiger partial charge in [-0.15, -0.1) is 0 Å². The first-order valence-corrected chi connectivity index (χ1v) is 12.6. The summed E-state index contributed by atoms with van der Waals surface area (Å²) in [6, 6.07) is 5.14. The fourth-order valence-electron chi connectivity index (χ4n) is 2.75. The number of rotatable bonds is 7. The van der Waals surface area contributed by atoms with E-state index in [4.69, 9.17) is 12.2 Å². The molecule has 1 fully saturated rings. The topological polar surface area (TPSA) is 58.4 Å². The first-order chi connectivity index (χ1) is 13.3. The summed E-state index contributed by atoms with van der Waals surface area (Å²) in [4.78, 5) is 2.12. The van der Waals surface area contributed by atoms with Crippen molar-refractivity contribution in [1.82, 2.24) is 19.0 Å². The predicted molar refractivity (Wildman–Crippen MR) is 113 cm³/mol. The Morgan fingerprint density at radius 1 is 1.29 bits per heavy atom. The maximum atomic E-state index is 13.4. The lowest BCUT2D eigenvalue weighted by molar-refractivity contribution is 0.144. The molecule has 6 nitrogen and oxygen atoms in total. The number of halogens is 1. The molecule has 0 saturated carbocycles. The number of sulfonamides is 1. The highest BCUT2D eigenvalue weighted by Gasteiger charge is 2.29. The van der Waals surface area contributed by atoms with Gasteiger partial charge in [-0.3, -0.25) is 4.90 Å². The molecule has 0 N–H and O–H groups in total. The Labute approximate surface area is 178 Å². The lowest BCUT2D eigenvalue weighted by Crippen LogP contribution is -2.48. The summed E-state index contributed by atoms with van der Waals surface area (Å²) in [7, 11) is -3.68. The van der Waals surface area contributed by atoms with Crippen LogP contribution in [0.1, 0.15) is 13.8 Å². The minimum Gasteiger partial charge on any atom is -0.282 e. The van der Waals surface area contributed by atoms with E-state index >= 15 is 0 Å². The number of aromatic nitrogens is 2. The number of nitrogens with zero attached hydrogens (tertiary/aromatic N) is 4. The van der Waals surface area contributed by atoms with Crippen LogP contribution in [0.5, 0.6) is 0 Å². The van der Waals surface area contributed by atoms with Crippen LogP contribution in [-0.4, -0.2) is 59.3 Å². The summed E-state index contributed by atoms with van der Waals surface area (Å²) in [5, 5.41) is 4.58. The van der Waals surface area contributed by atoms with Crippen LogP contribution in [0.4, 0.5) is 4.39 Å². The number of hydrogen-bond donors (Lipinski definition) is 0. The standard InChI is InChI=1S/C17H23FN4O2S4/c1-13(2)11-26-16-19-22(17(25)27-16)12-20-6-8-21(9-7-20)28(23,24)15-5-3-4-14(18)10-15/h3-5,10,13H,6-9,11-12H2,1-2H3. The molecular weight excluding hydrogens is 439 g/mol. The van der Waals surface area contributed by atoms with E-state index in [0.29, 0.717) is 38.8 Å². The quantitative estimate of drug-likeness (QED) is 0.464. The fourth-order valence-corrected chi connectivity index (χ4v) is 6.50. The monoisotopic (exact) mass is 462 g/mol. The van der Waals surface area contributed by atoms with Crippen molar-refractivity contribution in [3.05, 3.63) is 34.0 Å². The highest BCUT2D eigenvalue weighted by molar-refractivity contribution is 8.01. The van der Waals surface area contributed by atoms with Gasteiger partial charge in [0, 0.05) is 31.9 Å². The van der Waals surface area contributed by atoms with Gasteiger partial charge in [0.1, 0.15) is 5.82 Å². The Morgan fingerprint density at radius 2 is 2.00 bits per heavy atom. The normalized spacial score (nSPS) is 16.7. The van der Waals surface area contributed by atoms with Crippen LogP contribution in [-0.2, 0) is 16.7 Å². The van der Waals surface area contributed by atoms with E-state index in [2.05, 4.69) is 23.8 Å². The summed E-state index contributed by atoms with van der Waals surface area (Å²) in [6.45, 7) is 6.73. The molecule has 0 amide bonds. The molecule has 154 valence electrons. The molecule has 1 aromatic carbocycles. The molecule has 0 radical (unpaired) electrons. The number of hydrogen-bond acceptors (Lipinski definition) is 7. The molecule has 1 aliphatic heterocycles. The molecule has 1 aliphatic rings. The Morgan fingerprint density at radius 3 is 2.64 bits per heavy atom. The molecule has 0 aliphatic carbocycles. The Kier molecular flexibility index (Phi) is 7.26. The number of thioether (sulfide) groups is 1. The lowest BCUT2D eigenvalue weighted by Gasteiger charge is -2.33. The van der Waals surface area contributed by atoms with Crippen LogP contribution in [0.25, 0.3) is 0 Å². The second-order valence-corrected chi connectivity index (χ2v) is 11.8. The van der Waals surface area contributed by atoms with Crippen molar-refractivity contribution >= 4 is 45.3 Å². The summed E-state index contributed by atoms with van der Waals surface area (Å²) >= 11 is 8.64. The Hall–Kier alpha value is -0.850. The predicted octanol–water partition coefficient (Wildman–Crippen LogP) is 3.53. The minimum absolute atomic E-state index is 0.00510. The largest absolute Gasteiger partial charge is 0.282 e. The molecule has 0 unspecified atom stereocenters. The van der Waals surface area contributed by atoms with Gasteiger partial charge in [-0.1, -0.05) is 43.0 Å². The van der Waals surface area contributed by atoms with E-state index in [1.54, 1.807) is 16.4 Å². The van der Waals surface area contributed by atoms with E-state index in [-0.39, 0.29) is 4.90 Å². The molecule has 0 spiro atoms. The summed E-state index contributed by atoms with van der Waals surface area (Å²) in [6.07, 6.45) is 0. The van der Waals surface area contributed by atoms with Gasteiger partial charge >= 0.3 is 0 Å². The van der Waals surface area contributed by atoms with Crippen LogP contribution < -0.4 is 0 Å². The molecule has 0 bridgehead atoms. The lowest BCUT2D eigenvalue weighted by atomic mass is 10.3. The van der Waals surface area contributed by atoms with E-state index in [1.165, 1.54) is 33.8 Å². The summed E-state index contributed by atoms with van der Waals surface area (Å²) in [5.74, 6) is 1.03. The van der Waals surface area contributed by atoms with Crippen molar-refractivity contribution in [2.75, 3.05) is 31.9 Å². The number of benzene rings is 1. The average Bonchev–Trinajstić information content (AvgIpc) is 3.00. The first kappa shape index (κ1) is 21.8.